The number of anilines is 1. The van der Waals surface area contributed by atoms with Crippen LogP contribution < -0.4 is 20.1 Å². The number of carbonyl (C=O) groups excluding carboxylic acids is 2. The fourth-order valence-corrected chi connectivity index (χ4v) is 4.22. The monoisotopic (exact) mass is 372 g/mol. The number of nitrogens with zero attached hydrogens (tertiary/aromatic N) is 1. The third-order valence-corrected chi connectivity index (χ3v) is 5.50. The van der Waals surface area contributed by atoms with Gasteiger partial charge in [0, 0.05) is 16.6 Å². The Kier molecular flexibility index (Phi) is 5.37. The molecule has 1 heterocycles. The molecule has 0 fully saturated rings. The van der Waals surface area contributed by atoms with Gasteiger partial charge in [0.05, 0.1) is 19.9 Å². The molecule has 0 radical (unpaired) electrons. The zero-order valence-corrected chi connectivity index (χ0v) is 15.4. The Hall–Kier alpha value is -2.67. The predicted molar refractivity (Wildman–Crippen MR) is 101 cm³/mol. The predicted octanol–water partition coefficient (Wildman–Crippen LogP) is 2.76. The number of rotatable bonds is 5. The van der Waals surface area contributed by atoms with E-state index in [-0.39, 0.29) is 24.1 Å². The van der Waals surface area contributed by atoms with Crippen LogP contribution in [0.1, 0.15) is 17.2 Å². The standard InChI is InChI=1S/C19H20N2O4S/c1-24-14-8-7-12(9-15(14)25-2)17-10-19(23)21(11-18(20)22)13-5-3-4-6-16(13)26-17/h3-9,17H,10-11H2,1-2H3,(H2,20,22)/t17-/m1/s1. The number of nitrogens with two attached hydrogens (primary N) is 1. The van der Waals surface area contributed by atoms with E-state index in [4.69, 9.17) is 15.2 Å². The van der Waals surface area contributed by atoms with Gasteiger partial charge in [-0.15, -0.1) is 11.8 Å². The first-order valence-corrected chi connectivity index (χ1v) is 8.97. The molecule has 2 amide bonds. The quantitative estimate of drug-likeness (QED) is 0.873. The van der Waals surface area contributed by atoms with Crippen LogP contribution in [0.5, 0.6) is 11.5 Å². The van der Waals surface area contributed by atoms with Crippen molar-refractivity contribution in [1.29, 1.82) is 0 Å². The SMILES string of the molecule is COc1ccc([C@H]2CC(=O)N(CC(N)=O)c3ccccc3S2)cc1OC. The van der Waals surface area contributed by atoms with Crippen molar-refractivity contribution in [2.24, 2.45) is 5.73 Å². The van der Waals surface area contributed by atoms with Crippen LogP contribution in [-0.4, -0.2) is 32.6 Å². The van der Waals surface area contributed by atoms with Gasteiger partial charge in [0.2, 0.25) is 11.8 Å². The van der Waals surface area contributed by atoms with Crippen LogP contribution in [0.25, 0.3) is 0 Å². The van der Waals surface area contributed by atoms with Crippen molar-refractivity contribution in [2.45, 2.75) is 16.6 Å². The zero-order chi connectivity index (χ0) is 18.7. The lowest BCUT2D eigenvalue weighted by atomic mass is 10.1. The first kappa shape index (κ1) is 18.1. The molecule has 1 atom stereocenters. The van der Waals surface area contributed by atoms with Crippen molar-refractivity contribution in [3.05, 3.63) is 48.0 Å². The Morgan fingerprint density at radius 3 is 2.62 bits per heavy atom. The fourth-order valence-electron chi connectivity index (χ4n) is 2.95. The summed E-state index contributed by atoms with van der Waals surface area (Å²) in [5, 5.41) is -0.110. The van der Waals surface area contributed by atoms with Gasteiger partial charge in [-0.05, 0) is 29.8 Å². The van der Waals surface area contributed by atoms with Crippen molar-refractivity contribution in [3.63, 3.8) is 0 Å². The van der Waals surface area contributed by atoms with Gasteiger partial charge < -0.3 is 20.1 Å². The van der Waals surface area contributed by atoms with Gasteiger partial charge >= 0.3 is 0 Å². The summed E-state index contributed by atoms with van der Waals surface area (Å²) in [5.41, 5.74) is 7.01. The first-order valence-electron chi connectivity index (χ1n) is 8.09. The Bertz CT molecular complexity index is 840. The van der Waals surface area contributed by atoms with E-state index in [0.29, 0.717) is 17.2 Å². The number of fused-ring (bicyclic) bond motifs is 1. The molecule has 0 unspecified atom stereocenters. The van der Waals surface area contributed by atoms with E-state index < -0.39 is 5.91 Å². The maximum Gasteiger partial charge on any atom is 0.237 e. The van der Waals surface area contributed by atoms with E-state index in [1.807, 2.05) is 42.5 Å². The Morgan fingerprint density at radius 1 is 1.19 bits per heavy atom. The molecule has 3 rings (SSSR count). The molecule has 26 heavy (non-hydrogen) atoms. The number of carbonyl (C=O) groups is 2. The van der Waals surface area contributed by atoms with Crippen molar-refractivity contribution >= 4 is 29.3 Å². The second-order valence-corrected chi connectivity index (χ2v) is 7.08. The molecule has 0 bridgehead atoms. The molecule has 2 aromatic carbocycles. The molecule has 0 spiro atoms. The van der Waals surface area contributed by atoms with Crippen LogP contribution in [0, 0.1) is 0 Å². The summed E-state index contributed by atoms with van der Waals surface area (Å²) in [7, 11) is 3.16. The summed E-state index contributed by atoms with van der Waals surface area (Å²) in [4.78, 5) is 26.6. The second-order valence-electron chi connectivity index (χ2n) is 5.84. The molecule has 0 aliphatic carbocycles. The molecule has 6 nitrogen and oxygen atoms in total. The molecular formula is C19H20N2O4S. The molecule has 0 aromatic heterocycles. The highest BCUT2D eigenvalue weighted by Crippen LogP contribution is 2.46. The third kappa shape index (κ3) is 3.62. The number of benzene rings is 2. The minimum Gasteiger partial charge on any atom is -0.493 e. The number of thioether (sulfide) groups is 1. The Labute approximate surface area is 156 Å². The van der Waals surface area contributed by atoms with E-state index in [1.165, 1.54) is 4.90 Å². The average Bonchev–Trinajstić information content (AvgIpc) is 2.78. The fraction of sp³-hybridized carbons (Fsp3) is 0.263. The highest BCUT2D eigenvalue weighted by Gasteiger charge is 2.30. The summed E-state index contributed by atoms with van der Waals surface area (Å²) in [5.74, 6) is 0.574. The van der Waals surface area contributed by atoms with Crippen LogP contribution in [0.2, 0.25) is 0 Å². The van der Waals surface area contributed by atoms with Crippen LogP contribution in [0.4, 0.5) is 5.69 Å². The maximum atomic E-state index is 12.8. The van der Waals surface area contributed by atoms with E-state index in [2.05, 4.69) is 0 Å². The number of methoxy groups -OCH3 is 2. The molecule has 2 N–H and O–H groups in total. The molecule has 7 heteroatoms. The minimum atomic E-state index is -0.539. The molecule has 1 aliphatic rings. The number of para-hydroxylation sites is 1. The normalized spacial score (nSPS) is 16.6. The van der Waals surface area contributed by atoms with E-state index >= 15 is 0 Å². The van der Waals surface area contributed by atoms with E-state index in [0.717, 1.165) is 10.5 Å². The summed E-state index contributed by atoms with van der Waals surface area (Å²) in [6.07, 6.45) is 0.252. The largest absolute Gasteiger partial charge is 0.493 e. The Balaban J connectivity index is 2.00. The molecule has 2 aromatic rings. The van der Waals surface area contributed by atoms with Gasteiger partial charge in [-0.2, -0.15) is 0 Å². The van der Waals surface area contributed by atoms with Crippen LogP contribution in [0.3, 0.4) is 0 Å². The maximum absolute atomic E-state index is 12.8. The number of primary amides is 1. The molecular weight excluding hydrogens is 352 g/mol. The topological polar surface area (TPSA) is 81.9 Å². The molecule has 1 aliphatic heterocycles. The number of hydrogen-bond donors (Lipinski definition) is 1. The second kappa shape index (κ2) is 7.70. The van der Waals surface area contributed by atoms with Crippen LogP contribution in [-0.2, 0) is 9.59 Å². The average molecular weight is 372 g/mol. The zero-order valence-electron chi connectivity index (χ0n) is 14.6. The van der Waals surface area contributed by atoms with Crippen molar-refractivity contribution < 1.29 is 19.1 Å². The summed E-state index contributed by atoms with van der Waals surface area (Å²) >= 11 is 1.59. The highest BCUT2D eigenvalue weighted by atomic mass is 32.2. The lowest BCUT2D eigenvalue weighted by Gasteiger charge is -2.20. The number of hydrogen-bond acceptors (Lipinski definition) is 5. The lowest BCUT2D eigenvalue weighted by molar-refractivity contribution is -0.122. The summed E-state index contributed by atoms with van der Waals surface area (Å²) in [6.45, 7) is -0.130. The number of ether oxygens (including phenoxy) is 2. The van der Waals surface area contributed by atoms with Gasteiger partial charge in [0.25, 0.3) is 0 Å². The van der Waals surface area contributed by atoms with E-state index in [1.54, 1.807) is 26.0 Å². The van der Waals surface area contributed by atoms with Crippen molar-refractivity contribution in [3.8, 4) is 11.5 Å². The van der Waals surface area contributed by atoms with Gasteiger partial charge in [-0.25, -0.2) is 0 Å². The van der Waals surface area contributed by atoms with Crippen molar-refractivity contribution in [2.75, 3.05) is 25.7 Å². The van der Waals surface area contributed by atoms with Gasteiger partial charge in [0.15, 0.2) is 11.5 Å². The molecule has 0 saturated carbocycles. The number of amides is 2. The van der Waals surface area contributed by atoms with Crippen LogP contribution in [0.15, 0.2) is 47.4 Å². The van der Waals surface area contributed by atoms with Crippen LogP contribution >= 0.6 is 11.8 Å². The smallest absolute Gasteiger partial charge is 0.237 e. The lowest BCUT2D eigenvalue weighted by Crippen LogP contribution is -2.38. The molecule has 0 saturated heterocycles. The third-order valence-electron chi connectivity index (χ3n) is 4.18. The minimum absolute atomic E-state index is 0.110. The Morgan fingerprint density at radius 2 is 1.92 bits per heavy atom. The molecule has 136 valence electrons. The van der Waals surface area contributed by atoms with Crippen molar-refractivity contribution in [1.82, 2.24) is 0 Å². The first-order chi connectivity index (χ1) is 12.5. The van der Waals surface area contributed by atoms with Gasteiger partial charge in [0.1, 0.15) is 6.54 Å². The summed E-state index contributed by atoms with van der Waals surface area (Å²) < 4.78 is 10.7. The summed E-state index contributed by atoms with van der Waals surface area (Å²) in [6, 6.07) is 13.2. The highest BCUT2D eigenvalue weighted by molar-refractivity contribution is 7.99. The van der Waals surface area contributed by atoms with E-state index in [9.17, 15) is 9.59 Å². The van der Waals surface area contributed by atoms with Gasteiger partial charge in [-0.1, -0.05) is 18.2 Å². The van der Waals surface area contributed by atoms with Gasteiger partial charge in [-0.3, -0.25) is 9.59 Å².